The first-order valence-electron chi connectivity index (χ1n) is 16.9. The Morgan fingerprint density at radius 1 is 0.395 bits per heavy atom. The summed E-state index contributed by atoms with van der Waals surface area (Å²) in [5, 5.41) is 8.19. The van der Waals surface area contributed by atoms with Crippen LogP contribution in [0.3, 0.4) is 0 Å². The fourth-order valence-corrected chi connectivity index (χ4v) is 6.68. The summed E-state index contributed by atoms with van der Waals surface area (Å²) in [6.07, 6.45) is 0. The number of fused-ring (bicyclic) bond motifs is 6. The molecule has 0 N–H and O–H groups in total. The quantitative estimate of drug-likeness (QED) is 0.199. The van der Waals surface area contributed by atoms with E-state index in [0.717, 1.165) is 76.5 Å². The van der Waals surface area contributed by atoms with Gasteiger partial charge in [-0.15, -0.1) is 0 Å². The van der Waals surface area contributed by atoms with Crippen molar-refractivity contribution in [3.8, 4) is 33.4 Å². The molecule has 0 fully saturated rings. The van der Waals surface area contributed by atoms with E-state index in [1.165, 1.54) is 0 Å². The number of hydrogen-bond acceptors (Lipinski definition) is 1. The predicted molar refractivity (Wildman–Crippen MR) is 183 cm³/mol. The second-order valence-corrected chi connectivity index (χ2v) is 10.9. The molecule has 9 aromatic rings. The average Bonchev–Trinajstić information content (AvgIpc) is 3.50. The van der Waals surface area contributed by atoms with Gasteiger partial charge in [-0.1, -0.05) is 127 Å². The topological polar surface area (TPSA) is 13.1 Å². The molecule has 43 heavy (non-hydrogen) atoms. The van der Waals surface area contributed by atoms with Crippen LogP contribution in [0.25, 0.3) is 87.6 Å². The van der Waals surface area contributed by atoms with E-state index in [1.54, 1.807) is 0 Å². The molecule has 0 unspecified atom stereocenters. The molecule has 0 radical (unpaired) electrons. The number of hydrogen-bond donors (Lipinski definition) is 0. The Balaban J connectivity index is 1.37. The van der Waals surface area contributed by atoms with Gasteiger partial charge in [0.25, 0.3) is 0 Å². The summed E-state index contributed by atoms with van der Waals surface area (Å²) in [7, 11) is 0. The SMILES string of the molecule is [2H]c1c([2H])c([2H])c(-c2cc(-c3c4ccccc4c(-c4ccc5c(c4)oc4ccccc45)c4ccccc34)cc3ccccc23)c([2H])c1[2H]. The van der Waals surface area contributed by atoms with Crippen LogP contribution in [0.4, 0.5) is 0 Å². The molecule has 0 amide bonds. The normalized spacial score (nSPS) is 13.3. The van der Waals surface area contributed by atoms with Crippen LogP contribution < -0.4 is 0 Å². The molecule has 0 saturated carbocycles. The van der Waals surface area contributed by atoms with Gasteiger partial charge in [0.1, 0.15) is 11.2 Å². The molecule has 0 saturated heterocycles. The molecule has 0 aliphatic carbocycles. The third-order valence-electron chi connectivity index (χ3n) is 8.52. The number of benzene rings is 8. The fraction of sp³-hybridized carbons (Fsp3) is 0. The van der Waals surface area contributed by atoms with Crippen molar-refractivity contribution in [2.75, 3.05) is 0 Å². The number of para-hydroxylation sites is 1. The van der Waals surface area contributed by atoms with Crippen LogP contribution in [0.5, 0.6) is 0 Å². The molecule has 1 heterocycles. The van der Waals surface area contributed by atoms with E-state index >= 15 is 0 Å². The summed E-state index contributed by atoms with van der Waals surface area (Å²) >= 11 is 0. The summed E-state index contributed by atoms with van der Waals surface area (Å²) < 4.78 is 48.9. The molecule has 0 atom stereocenters. The van der Waals surface area contributed by atoms with Crippen molar-refractivity contribution in [3.63, 3.8) is 0 Å². The summed E-state index contributed by atoms with van der Waals surface area (Å²) in [6, 6.07) is 41.8. The van der Waals surface area contributed by atoms with Gasteiger partial charge < -0.3 is 4.42 Å². The monoisotopic (exact) mass is 551 g/mol. The first-order chi connectivity index (χ1) is 23.4. The minimum atomic E-state index is -0.400. The Hall–Kier alpha value is -5.66. The molecule has 1 aromatic heterocycles. The maximum atomic E-state index is 8.82. The maximum Gasteiger partial charge on any atom is 0.136 e. The Bertz CT molecular complexity index is 2710. The lowest BCUT2D eigenvalue weighted by Gasteiger charge is -2.19. The van der Waals surface area contributed by atoms with Crippen LogP contribution in [0, 0.1) is 0 Å². The molecule has 1 heteroatoms. The van der Waals surface area contributed by atoms with Crippen LogP contribution in [0.15, 0.2) is 162 Å². The van der Waals surface area contributed by atoms with Crippen molar-refractivity contribution in [1.82, 2.24) is 0 Å². The highest BCUT2D eigenvalue weighted by molar-refractivity contribution is 6.22. The second-order valence-electron chi connectivity index (χ2n) is 10.9. The van der Waals surface area contributed by atoms with Gasteiger partial charge in [-0.25, -0.2) is 0 Å². The molecule has 0 bridgehead atoms. The summed E-state index contributed by atoms with van der Waals surface area (Å²) in [5.74, 6) is 0. The van der Waals surface area contributed by atoms with Gasteiger partial charge in [0.15, 0.2) is 0 Å². The zero-order valence-corrected chi connectivity index (χ0v) is 23.0. The van der Waals surface area contributed by atoms with Crippen LogP contribution in [-0.2, 0) is 0 Å². The van der Waals surface area contributed by atoms with Crippen LogP contribution in [0.2, 0.25) is 0 Å². The van der Waals surface area contributed by atoms with Crippen molar-refractivity contribution < 1.29 is 11.3 Å². The third-order valence-corrected chi connectivity index (χ3v) is 8.52. The highest BCUT2D eigenvalue weighted by atomic mass is 16.3. The largest absolute Gasteiger partial charge is 0.456 e. The van der Waals surface area contributed by atoms with Crippen molar-refractivity contribution in [2.24, 2.45) is 0 Å². The van der Waals surface area contributed by atoms with Gasteiger partial charge in [0.2, 0.25) is 0 Å². The third kappa shape index (κ3) is 3.72. The van der Waals surface area contributed by atoms with E-state index in [0.29, 0.717) is 5.56 Å². The fourth-order valence-electron chi connectivity index (χ4n) is 6.68. The van der Waals surface area contributed by atoms with E-state index < -0.39 is 6.04 Å². The predicted octanol–water partition coefficient (Wildman–Crippen LogP) is 12.0. The standard InChI is InChI=1S/C42H26O/c1-2-12-27(13-3-1)38-25-30(24-28-14-4-5-15-31(28)38)42-36-19-8-6-17-34(36)41(35-18-7-9-20-37(35)42)29-22-23-33-32-16-10-11-21-39(32)43-40(33)26-29/h1-26H/i1D,2D,3D,12D,13D. The Labute approximate surface area is 256 Å². The maximum absolute atomic E-state index is 8.82. The van der Waals surface area contributed by atoms with Gasteiger partial charge in [0, 0.05) is 10.8 Å². The summed E-state index contributed by atoms with van der Waals surface area (Å²) in [4.78, 5) is 0. The zero-order chi connectivity index (χ0) is 32.7. The van der Waals surface area contributed by atoms with E-state index in [1.807, 2.05) is 60.7 Å². The van der Waals surface area contributed by atoms with Gasteiger partial charge in [-0.2, -0.15) is 0 Å². The van der Waals surface area contributed by atoms with Crippen molar-refractivity contribution in [3.05, 3.63) is 158 Å². The van der Waals surface area contributed by atoms with Crippen LogP contribution in [0.1, 0.15) is 6.85 Å². The van der Waals surface area contributed by atoms with Crippen molar-refractivity contribution in [2.45, 2.75) is 0 Å². The van der Waals surface area contributed by atoms with Crippen molar-refractivity contribution in [1.29, 1.82) is 0 Å². The van der Waals surface area contributed by atoms with Gasteiger partial charge in [0.05, 0.1) is 6.85 Å². The van der Waals surface area contributed by atoms with E-state index in [-0.39, 0.29) is 29.7 Å². The molecule has 8 aromatic carbocycles. The molecule has 0 aliphatic rings. The molecule has 1 nitrogen and oxygen atoms in total. The lowest BCUT2D eigenvalue weighted by Crippen LogP contribution is -1.92. The lowest BCUT2D eigenvalue weighted by atomic mass is 9.84. The Morgan fingerprint density at radius 3 is 1.65 bits per heavy atom. The summed E-state index contributed by atoms with van der Waals surface area (Å²) in [5.41, 5.74) is 6.59. The lowest BCUT2D eigenvalue weighted by molar-refractivity contribution is 0.669. The smallest absolute Gasteiger partial charge is 0.136 e. The minimum absolute atomic E-state index is 0.198. The van der Waals surface area contributed by atoms with E-state index in [2.05, 4.69) is 66.7 Å². The number of furan rings is 1. The molecule has 200 valence electrons. The Kier molecular flexibility index (Phi) is 4.27. The van der Waals surface area contributed by atoms with Crippen LogP contribution >= 0.6 is 0 Å². The summed E-state index contributed by atoms with van der Waals surface area (Å²) in [6.45, 7) is 0. The van der Waals surface area contributed by atoms with Crippen molar-refractivity contribution >= 4 is 54.3 Å². The molecule has 9 rings (SSSR count). The first kappa shape index (κ1) is 19.5. The average molecular weight is 552 g/mol. The van der Waals surface area contributed by atoms with Gasteiger partial charge in [-0.3, -0.25) is 0 Å². The molecular formula is C42H26O. The first-order valence-corrected chi connectivity index (χ1v) is 14.4. The van der Waals surface area contributed by atoms with E-state index in [9.17, 15) is 0 Å². The highest BCUT2D eigenvalue weighted by Crippen LogP contribution is 2.46. The highest BCUT2D eigenvalue weighted by Gasteiger charge is 2.19. The molecule has 0 spiro atoms. The van der Waals surface area contributed by atoms with Crippen LogP contribution in [-0.4, -0.2) is 0 Å². The molecular weight excluding hydrogens is 520 g/mol. The minimum Gasteiger partial charge on any atom is -0.456 e. The van der Waals surface area contributed by atoms with Gasteiger partial charge >= 0.3 is 0 Å². The second kappa shape index (κ2) is 9.44. The van der Waals surface area contributed by atoms with E-state index in [4.69, 9.17) is 11.3 Å². The van der Waals surface area contributed by atoms with Gasteiger partial charge in [-0.05, 0) is 96.0 Å². The Morgan fingerprint density at radius 2 is 0.953 bits per heavy atom. The molecule has 0 aliphatic heterocycles. The number of rotatable bonds is 3. The zero-order valence-electron chi connectivity index (χ0n) is 28.0.